The van der Waals surface area contributed by atoms with E-state index in [1.54, 1.807) is 12.1 Å². The Morgan fingerprint density at radius 2 is 1.57 bits per heavy atom. The molecule has 0 fully saturated rings. The zero-order valence-corrected chi connectivity index (χ0v) is 13.4. The summed E-state index contributed by atoms with van der Waals surface area (Å²) >= 11 is 0. The second-order valence-electron chi connectivity index (χ2n) is 5.30. The van der Waals surface area contributed by atoms with Gasteiger partial charge >= 0.3 is 5.97 Å². The van der Waals surface area contributed by atoms with E-state index in [0.29, 0.717) is 12.0 Å². The minimum Gasteiger partial charge on any atom is -0.481 e. The van der Waals surface area contributed by atoms with Crippen LogP contribution in [0.5, 0.6) is 0 Å². The van der Waals surface area contributed by atoms with Crippen LogP contribution in [-0.2, 0) is 21.1 Å². The summed E-state index contributed by atoms with van der Waals surface area (Å²) in [5.41, 5.74) is 0.612. The van der Waals surface area contributed by atoms with Gasteiger partial charge in [-0.15, -0.1) is 0 Å². The van der Waals surface area contributed by atoms with Gasteiger partial charge in [0.1, 0.15) is 0 Å². The molecule has 0 aliphatic carbocycles. The van der Waals surface area contributed by atoms with Crippen LogP contribution < -0.4 is 0 Å². The Kier molecular flexibility index (Phi) is 7.43. The number of hydrogen-bond donors (Lipinski definition) is 1. The molecule has 0 aliphatic rings. The number of carbonyl (C=O) groups is 1. The van der Waals surface area contributed by atoms with Crippen molar-refractivity contribution in [2.75, 3.05) is 5.75 Å². The van der Waals surface area contributed by atoms with Gasteiger partial charge in [-0.25, -0.2) is 8.42 Å². The highest BCUT2D eigenvalue weighted by Crippen LogP contribution is 2.15. The average Bonchev–Trinajstić information content (AvgIpc) is 2.42. The molecule has 0 aliphatic heterocycles. The molecule has 0 unspecified atom stereocenters. The highest BCUT2D eigenvalue weighted by atomic mass is 32.2. The molecule has 0 bridgehead atoms. The molecule has 0 amide bonds. The maximum atomic E-state index is 12.1. The lowest BCUT2D eigenvalue weighted by Gasteiger charge is -2.05. The molecule has 0 heterocycles. The minimum atomic E-state index is -3.25. The fourth-order valence-corrected chi connectivity index (χ4v) is 3.55. The van der Waals surface area contributed by atoms with Gasteiger partial charge in [0.25, 0.3) is 0 Å². The molecule has 0 spiro atoms. The Morgan fingerprint density at radius 1 is 1.00 bits per heavy atom. The number of carboxylic acid groups (broad SMARTS) is 1. The second kappa shape index (κ2) is 8.82. The van der Waals surface area contributed by atoms with E-state index in [1.807, 2.05) is 0 Å². The quantitative estimate of drug-likeness (QED) is 0.672. The van der Waals surface area contributed by atoms with Crippen molar-refractivity contribution in [3.63, 3.8) is 0 Å². The molecular formula is C16H24O4S. The summed E-state index contributed by atoms with van der Waals surface area (Å²) in [6.45, 7) is 2.15. The van der Waals surface area contributed by atoms with E-state index >= 15 is 0 Å². The molecule has 1 N–H and O–H groups in total. The van der Waals surface area contributed by atoms with Gasteiger partial charge in [0.2, 0.25) is 0 Å². The van der Waals surface area contributed by atoms with Crippen molar-refractivity contribution in [1.82, 2.24) is 0 Å². The molecule has 0 saturated heterocycles. The number of aliphatic carboxylic acids is 1. The van der Waals surface area contributed by atoms with E-state index in [4.69, 9.17) is 5.11 Å². The molecule has 0 aromatic heterocycles. The van der Waals surface area contributed by atoms with Gasteiger partial charge in [-0.1, -0.05) is 51.2 Å². The largest absolute Gasteiger partial charge is 0.481 e. The van der Waals surface area contributed by atoms with Crippen LogP contribution in [0.15, 0.2) is 29.2 Å². The Bertz CT molecular complexity index is 532. The van der Waals surface area contributed by atoms with Gasteiger partial charge in [0.05, 0.1) is 17.1 Å². The van der Waals surface area contributed by atoms with Crippen LogP contribution in [0.2, 0.25) is 0 Å². The predicted molar refractivity (Wildman–Crippen MR) is 83.2 cm³/mol. The molecular weight excluding hydrogens is 288 g/mol. The van der Waals surface area contributed by atoms with E-state index in [-0.39, 0.29) is 17.1 Å². The molecule has 0 saturated carbocycles. The molecule has 21 heavy (non-hydrogen) atoms. The van der Waals surface area contributed by atoms with Crippen LogP contribution in [0.3, 0.4) is 0 Å². The zero-order chi connectivity index (χ0) is 15.7. The van der Waals surface area contributed by atoms with Gasteiger partial charge < -0.3 is 5.11 Å². The number of sulfone groups is 1. The highest BCUT2D eigenvalue weighted by molar-refractivity contribution is 7.91. The third-order valence-electron chi connectivity index (χ3n) is 3.40. The SMILES string of the molecule is CCCCCCCCS(=O)(=O)c1ccc(CC(=O)O)cc1. The number of unbranched alkanes of at least 4 members (excludes halogenated alkanes) is 5. The average molecular weight is 312 g/mol. The van der Waals surface area contributed by atoms with E-state index in [2.05, 4.69) is 6.92 Å². The molecule has 1 rings (SSSR count). The fourth-order valence-electron chi connectivity index (χ4n) is 2.18. The summed E-state index contributed by atoms with van der Waals surface area (Å²) in [7, 11) is -3.25. The molecule has 1 aromatic rings. The number of hydrogen-bond acceptors (Lipinski definition) is 3. The van der Waals surface area contributed by atoms with Crippen molar-refractivity contribution in [2.24, 2.45) is 0 Å². The van der Waals surface area contributed by atoms with Gasteiger partial charge in [-0.3, -0.25) is 4.79 Å². The number of benzene rings is 1. The smallest absolute Gasteiger partial charge is 0.307 e. The Morgan fingerprint density at radius 3 is 2.14 bits per heavy atom. The lowest BCUT2D eigenvalue weighted by molar-refractivity contribution is -0.136. The molecule has 5 heteroatoms. The molecule has 1 aromatic carbocycles. The summed E-state index contributed by atoms with van der Waals surface area (Å²) in [4.78, 5) is 10.9. The van der Waals surface area contributed by atoms with Crippen molar-refractivity contribution in [3.8, 4) is 0 Å². The first-order valence-corrected chi connectivity index (χ1v) is 9.14. The zero-order valence-electron chi connectivity index (χ0n) is 12.5. The Balaban J connectivity index is 2.48. The second-order valence-corrected chi connectivity index (χ2v) is 7.41. The third-order valence-corrected chi connectivity index (χ3v) is 5.22. The van der Waals surface area contributed by atoms with Crippen LogP contribution >= 0.6 is 0 Å². The van der Waals surface area contributed by atoms with Crippen LogP contribution in [0.25, 0.3) is 0 Å². The summed E-state index contributed by atoms with van der Waals surface area (Å²) in [6.07, 6.45) is 6.18. The standard InChI is InChI=1S/C16H24O4S/c1-2-3-4-5-6-7-12-21(19,20)15-10-8-14(9-11-15)13-16(17)18/h8-11H,2-7,12-13H2,1H3,(H,17,18). The summed E-state index contributed by atoms with van der Waals surface area (Å²) < 4.78 is 24.3. The van der Waals surface area contributed by atoms with Gasteiger partial charge in [-0.2, -0.15) is 0 Å². The lowest BCUT2D eigenvalue weighted by Crippen LogP contribution is -2.07. The maximum absolute atomic E-state index is 12.1. The summed E-state index contributed by atoms with van der Waals surface area (Å²) in [5.74, 6) is -0.755. The minimum absolute atomic E-state index is 0.0856. The van der Waals surface area contributed by atoms with E-state index in [1.165, 1.54) is 31.4 Å². The number of rotatable bonds is 10. The topological polar surface area (TPSA) is 71.4 Å². The summed E-state index contributed by atoms with van der Waals surface area (Å²) in [6, 6.07) is 6.15. The van der Waals surface area contributed by atoms with Gasteiger partial charge in [-0.05, 0) is 24.1 Å². The van der Waals surface area contributed by atoms with Gasteiger partial charge in [0.15, 0.2) is 9.84 Å². The van der Waals surface area contributed by atoms with Crippen molar-refractivity contribution in [2.45, 2.75) is 56.8 Å². The molecule has 0 radical (unpaired) electrons. The molecule has 0 atom stereocenters. The van der Waals surface area contributed by atoms with Crippen LogP contribution in [0.4, 0.5) is 0 Å². The molecule has 118 valence electrons. The first-order chi connectivity index (χ1) is 9.95. The Hall–Kier alpha value is -1.36. The maximum Gasteiger partial charge on any atom is 0.307 e. The van der Waals surface area contributed by atoms with Crippen LogP contribution in [-0.4, -0.2) is 25.2 Å². The van der Waals surface area contributed by atoms with Crippen molar-refractivity contribution in [1.29, 1.82) is 0 Å². The van der Waals surface area contributed by atoms with E-state index < -0.39 is 15.8 Å². The monoisotopic (exact) mass is 312 g/mol. The van der Waals surface area contributed by atoms with Crippen LogP contribution in [0, 0.1) is 0 Å². The molecule has 4 nitrogen and oxygen atoms in total. The van der Waals surface area contributed by atoms with E-state index in [0.717, 1.165) is 12.8 Å². The summed E-state index contributed by atoms with van der Waals surface area (Å²) in [5, 5.41) is 8.68. The predicted octanol–water partition coefficient (Wildman–Crippen LogP) is 3.45. The highest BCUT2D eigenvalue weighted by Gasteiger charge is 2.14. The third kappa shape index (κ3) is 6.76. The van der Waals surface area contributed by atoms with Gasteiger partial charge in [0, 0.05) is 0 Å². The Labute approximate surface area is 127 Å². The van der Waals surface area contributed by atoms with Crippen molar-refractivity contribution >= 4 is 15.8 Å². The first kappa shape index (κ1) is 17.7. The fraction of sp³-hybridized carbons (Fsp3) is 0.562. The van der Waals surface area contributed by atoms with Crippen LogP contribution in [0.1, 0.15) is 51.0 Å². The number of carboxylic acids is 1. The van der Waals surface area contributed by atoms with Crippen molar-refractivity contribution < 1.29 is 18.3 Å². The lowest BCUT2D eigenvalue weighted by atomic mass is 10.1. The first-order valence-electron chi connectivity index (χ1n) is 7.49. The van der Waals surface area contributed by atoms with E-state index in [9.17, 15) is 13.2 Å². The van der Waals surface area contributed by atoms with Crippen molar-refractivity contribution in [3.05, 3.63) is 29.8 Å². The normalized spacial score (nSPS) is 11.5.